The molecule has 0 spiro atoms. The van der Waals surface area contributed by atoms with Gasteiger partial charge in [0.05, 0.1) is 6.61 Å². The first-order valence-electron chi connectivity index (χ1n) is 8.82. The topological polar surface area (TPSA) is 35.5 Å². The molecule has 1 atom stereocenters. The Hall–Kier alpha value is -0.120. The normalized spacial score (nSPS) is 22.8. The summed E-state index contributed by atoms with van der Waals surface area (Å²) in [4.78, 5) is 2.61. The smallest absolute Gasteiger partial charge is 0.0613 e. The quantitative estimate of drug-likeness (QED) is 0.612. The van der Waals surface area contributed by atoms with Gasteiger partial charge in [-0.2, -0.15) is 0 Å². The molecule has 0 aromatic heterocycles. The van der Waals surface area contributed by atoms with Crippen LogP contribution < -0.4 is 5.32 Å². The molecule has 0 aromatic carbocycles. The van der Waals surface area contributed by atoms with Crippen LogP contribution >= 0.6 is 0 Å². The number of nitrogens with zero attached hydrogens (tertiary/aromatic N) is 1. The van der Waals surface area contributed by atoms with E-state index in [1.54, 1.807) is 0 Å². The third-order valence-corrected chi connectivity index (χ3v) is 5.39. The zero-order valence-corrected chi connectivity index (χ0v) is 13.5. The van der Waals surface area contributed by atoms with Gasteiger partial charge in [0.15, 0.2) is 0 Å². The van der Waals surface area contributed by atoms with E-state index in [1.165, 1.54) is 58.2 Å². The molecule has 2 N–H and O–H groups in total. The third kappa shape index (κ3) is 4.71. The van der Waals surface area contributed by atoms with Gasteiger partial charge in [0.2, 0.25) is 0 Å². The van der Waals surface area contributed by atoms with Gasteiger partial charge < -0.3 is 15.3 Å². The predicted molar refractivity (Wildman–Crippen MR) is 85.0 cm³/mol. The summed E-state index contributed by atoms with van der Waals surface area (Å²) in [6, 6.07) is 0.680. The standard InChI is InChI=1S/C17H34N2O/c1-3-17(14-20,18-16-9-10-16)11-6-12-19(4-2)13-15-7-5-8-15/h15-16,18,20H,3-14H2,1-2H3. The molecule has 3 nitrogen and oxygen atoms in total. The van der Waals surface area contributed by atoms with Gasteiger partial charge in [-0.1, -0.05) is 20.3 Å². The van der Waals surface area contributed by atoms with Crippen LogP contribution in [0.2, 0.25) is 0 Å². The molecule has 0 heterocycles. The van der Waals surface area contributed by atoms with E-state index in [1.807, 2.05) is 0 Å². The van der Waals surface area contributed by atoms with Gasteiger partial charge in [-0.25, -0.2) is 0 Å². The van der Waals surface area contributed by atoms with Crippen molar-refractivity contribution in [1.82, 2.24) is 10.2 Å². The van der Waals surface area contributed by atoms with Gasteiger partial charge in [-0.15, -0.1) is 0 Å². The van der Waals surface area contributed by atoms with Crippen LogP contribution in [-0.2, 0) is 0 Å². The van der Waals surface area contributed by atoms with Crippen LogP contribution in [0, 0.1) is 5.92 Å². The van der Waals surface area contributed by atoms with Gasteiger partial charge in [-0.05, 0) is 64.0 Å². The van der Waals surface area contributed by atoms with Gasteiger partial charge in [0.25, 0.3) is 0 Å². The van der Waals surface area contributed by atoms with E-state index < -0.39 is 0 Å². The lowest BCUT2D eigenvalue weighted by Gasteiger charge is -2.35. The second-order valence-corrected chi connectivity index (χ2v) is 7.00. The first kappa shape index (κ1) is 16.3. The average molecular weight is 282 g/mol. The molecule has 2 saturated carbocycles. The highest BCUT2D eigenvalue weighted by Crippen LogP contribution is 2.28. The van der Waals surface area contributed by atoms with Crippen molar-refractivity contribution in [3.8, 4) is 0 Å². The first-order chi connectivity index (χ1) is 9.71. The predicted octanol–water partition coefficient (Wildman–Crippen LogP) is 2.78. The molecule has 2 rings (SSSR count). The molecule has 2 aliphatic rings. The summed E-state index contributed by atoms with van der Waals surface area (Å²) in [5.41, 5.74) is -0.0168. The lowest BCUT2D eigenvalue weighted by atomic mass is 9.85. The molecule has 2 fully saturated rings. The summed E-state index contributed by atoms with van der Waals surface area (Å²) in [6.45, 7) is 8.43. The van der Waals surface area contributed by atoms with Gasteiger partial charge >= 0.3 is 0 Å². The number of hydrogen-bond donors (Lipinski definition) is 2. The summed E-state index contributed by atoms with van der Waals surface area (Å²) in [5.74, 6) is 0.966. The van der Waals surface area contributed by atoms with Gasteiger partial charge in [-0.3, -0.25) is 0 Å². The van der Waals surface area contributed by atoms with Gasteiger partial charge in [0, 0.05) is 18.1 Å². The molecule has 0 saturated heterocycles. The second-order valence-electron chi connectivity index (χ2n) is 7.00. The molecule has 0 aliphatic heterocycles. The van der Waals surface area contributed by atoms with E-state index in [0.717, 1.165) is 18.8 Å². The third-order valence-electron chi connectivity index (χ3n) is 5.39. The minimum atomic E-state index is -0.0168. The zero-order valence-electron chi connectivity index (χ0n) is 13.5. The molecule has 118 valence electrons. The molecule has 1 unspecified atom stereocenters. The summed E-state index contributed by atoms with van der Waals surface area (Å²) < 4.78 is 0. The number of nitrogens with one attached hydrogen (secondary N) is 1. The van der Waals surface area contributed by atoms with Crippen LogP contribution in [0.3, 0.4) is 0 Å². The van der Waals surface area contributed by atoms with Crippen molar-refractivity contribution in [3.63, 3.8) is 0 Å². The highest BCUT2D eigenvalue weighted by Gasteiger charge is 2.34. The number of rotatable bonds is 11. The minimum Gasteiger partial charge on any atom is -0.394 e. The Bertz CT molecular complexity index is 270. The van der Waals surface area contributed by atoms with E-state index in [2.05, 4.69) is 24.1 Å². The van der Waals surface area contributed by atoms with Crippen molar-refractivity contribution in [2.45, 2.75) is 76.8 Å². The van der Waals surface area contributed by atoms with E-state index in [9.17, 15) is 5.11 Å². The van der Waals surface area contributed by atoms with Crippen LogP contribution in [0.15, 0.2) is 0 Å². The molecule has 20 heavy (non-hydrogen) atoms. The van der Waals surface area contributed by atoms with Crippen molar-refractivity contribution in [3.05, 3.63) is 0 Å². The van der Waals surface area contributed by atoms with Crippen LogP contribution in [0.4, 0.5) is 0 Å². The van der Waals surface area contributed by atoms with E-state index in [4.69, 9.17) is 0 Å². The molecule has 0 bridgehead atoms. The largest absolute Gasteiger partial charge is 0.394 e. The maximum Gasteiger partial charge on any atom is 0.0613 e. The fraction of sp³-hybridized carbons (Fsp3) is 1.00. The number of aliphatic hydroxyl groups excluding tert-OH is 1. The fourth-order valence-corrected chi connectivity index (χ4v) is 3.31. The van der Waals surface area contributed by atoms with Crippen LogP contribution in [0.1, 0.15) is 65.2 Å². The molecule has 0 amide bonds. The molecule has 0 radical (unpaired) electrons. The monoisotopic (exact) mass is 282 g/mol. The SMILES string of the molecule is CCN(CCCC(CC)(CO)NC1CC1)CC1CCC1. The molecule has 0 aromatic rings. The van der Waals surface area contributed by atoms with Crippen molar-refractivity contribution in [2.75, 3.05) is 26.2 Å². The van der Waals surface area contributed by atoms with E-state index in [0.29, 0.717) is 6.04 Å². The maximum absolute atomic E-state index is 9.79. The molecule has 3 heteroatoms. The minimum absolute atomic E-state index is 0.0168. The van der Waals surface area contributed by atoms with Crippen molar-refractivity contribution in [2.24, 2.45) is 5.92 Å². The highest BCUT2D eigenvalue weighted by atomic mass is 16.3. The van der Waals surface area contributed by atoms with Crippen LogP contribution in [0.25, 0.3) is 0 Å². The Morgan fingerprint density at radius 3 is 2.40 bits per heavy atom. The number of hydrogen-bond acceptors (Lipinski definition) is 3. The van der Waals surface area contributed by atoms with Crippen molar-refractivity contribution < 1.29 is 5.11 Å². The molecular weight excluding hydrogens is 248 g/mol. The number of aliphatic hydroxyl groups is 1. The molecular formula is C17H34N2O. The first-order valence-corrected chi connectivity index (χ1v) is 8.82. The Morgan fingerprint density at radius 1 is 1.20 bits per heavy atom. The van der Waals surface area contributed by atoms with Crippen molar-refractivity contribution >= 4 is 0 Å². The zero-order chi connectivity index (χ0) is 14.4. The second kappa shape index (κ2) is 7.77. The summed E-state index contributed by atoms with van der Waals surface area (Å²) >= 11 is 0. The Kier molecular flexibility index (Phi) is 6.31. The summed E-state index contributed by atoms with van der Waals surface area (Å²) in [7, 11) is 0. The lowest BCUT2D eigenvalue weighted by molar-refractivity contribution is 0.130. The average Bonchev–Trinajstić information content (AvgIpc) is 3.23. The highest BCUT2D eigenvalue weighted by molar-refractivity contribution is 4.94. The lowest BCUT2D eigenvalue weighted by Crippen LogP contribution is -2.49. The van der Waals surface area contributed by atoms with Crippen LogP contribution in [0.5, 0.6) is 0 Å². The fourth-order valence-electron chi connectivity index (χ4n) is 3.31. The Balaban J connectivity index is 1.69. The Morgan fingerprint density at radius 2 is 1.95 bits per heavy atom. The van der Waals surface area contributed by atoms with Crippen LogP contribution in [-0.4, -0.2) is 47.8 Å². The van der Waals surface area contributed by atoms with E-state index >= 15 is 0 Å². The van der Waals surface area contributed by atoms with Gasteiger partial charge in [0.1, 0.15) is 0 Å². The molecule has 2 aliphatic carbocycles. The Labute approximate surface area is 125 Å². The summed E-state index contributed by atoms with van der Waals surface area (Å²) in [5, 5.41) is 13.5. The van der Waals surface area contributed by atoms with Crippen molar-refractivity contribution in [1.29, 1.82) is 0 Å². The summed E-state index contributed by atoms with van der Waals surface area (Å²) in [6.07, 6.45) is 10.3. The maximum atomic E-state index is 9.79. The van der Waals surface area contributed by atoms with E-state index in [-0.39, 0.29) is 12.1 Å².